The number of aromatic nitrogens is 2. The van der Waals surface area contributed by atoms with Crippen LogP contribution in [-0.4, -0.2) is 49.4 Å². The molecule has 0 amide bonds. The van der Waals surface area contributed by atoms with E-state index in [9.17, 15) is 4.79 Å². The smallest absolute Gasteiger partial charge is 0.348 e. The summed E-state index contributed by atoms with van der Waals surface area (Å²) in [6, 6.07) is 0. The zero-order valence-electron chi connectivity index (χ0n) is 15.1. The van der Waals surface area contributed by atoms with E-state index in [4.69, 9.17) is 21.1 Å². The lowest BCUT2D eigenvalue weighted by Gasteiger charge is -2.22. The minimum Gasteiger partial charge on any atom is -0.459 e. The van der Waals surface area contributed by atoms with Gasteiger partial charge in [-0.25, -0.2) is 9.78 Å². The minimum atomic E-state index is -0.365. The van der Waals surface area contributed by atoms with Crippen LogP contribution in [0.25, 0.3) is 10.2 Å². The molecule has 0 aromatic carbocycles. The van der Waals surface area contributed by atoms with E-state index in [0.717, 1.165) is 42.7 Å². The van der Waals surface area contributed by atoms with E-state index in [1.807, 2.05) is 6.92 Å². The maximum Gasteiger partial charge on any atom is 0.348 e. The number of unbranched alkanes of at least 4 members (excludes halogenated alkanes) is 1. The number of carbonyl (C=O) groups is 1. The molecule has 25 heavy (non-hydrogen) atoms. The molecule has 0 N–H and O–H groups in total. The highest BCUT2D eigenvalue weighted by molar-refractivity contribution is 7.20. The number of methoxy groups -OCH3 is 1. The van der Waals surface area contributed by atoms with E-state index in [1.165, 1.54) is 11.3 Å². The molecule has 2 heterocycles. The Labute approximate surface area is 157 Å². The van der Waals surface area contributed by atoms with Crippen molar-refractivity contribution in [2.24, 2.45) is 0 Å². The molecule has 0 bridgehead atoms. The normalized spacial score (nSPS) is 11.1. The van der Waals surface area contributed by atoms with Crippen LogP contribution in [0.4, 0.5) is 5.82 Å². The zero-order valence-corrected chi connectivity index (χ0v) is 16.7. The van der Waals surface area contributed by atoms with Crippen molar-refractivity contribution in [3.8, 4) is 0 Å². The van der Waals surface area contributed by atoms with Gasteiger partial charge in [0.15, 0.2) is 0 Å². The Morgan fingerprint density at radius 3 is 2.68 bits per heavy atom. The molecule has 0 aliphatic carbocycles. The second-order valence-electron chi connectivity index (χ2n) is 5.61. The summed E-state index contributed by atoms with van der Waals surface area (Å²) in [5.41, 5.74) is 0.837. The highest BCUT2D eigenvalue weighted by atomic mass is 35.5. The maximum atomic E-state index is 12.4. The summed E-state index contributed by atoms with van der Waals surface area (Å²) in [5, 5.41) is 1.07. The van der Waals surface area contributed by atoms with Crippen LogP contribution < -0.4 is 4.90 Å². The van der Waals surface area contributed by atoms with Gasteiger partial charge in [-0.15, -0.1) is 11.3 Å². The fourth-order valence-electron chi connectivity index (χ4n) is 2.56. The van der Waals surface area contributed by atoms with Crippen molar-refractivity contribution in [3.05, 3.63) is 15.7 Å². The Morgan fingerprint density at radius 1 is 1.28 bits per heavy atom. The number of halogens is 1. The molecule has 2 aromatic heterocycles. The Bertz CT molecular complexity index is 735. The van der Waals surface area contributed by atoms with Gasteiger partial charge in [-0.1, -0.05) is 13.3 Å². The lowest BCUT2D eigenvalue weighted by atomic mass is 10.2. The van der Waals surface area contributed by atoms with E-state index in [0.29, 0.717) is 16.3 Å². The number of anilines is 1. The van der Waals surface area contributed by atoms with Crippen LogP contribution in [0.3, 0.4) is 0 Å². The molecule has 0 aliphatic rings. The van der Waals surface area contributed by atoms with Crippen LogP contribution in [0.15, 0.2) is 0 Å². The van der Waals surface area contributed by atoms with Gasteiger partial charge in [-0.3, -0.25) is 0 Å². The Kier molecular flexibility index (Phi) is 7.40. The van der Waals surface area contributed by atoms with Crippen molar-refractivity contribution in [1.29, 1.82) is 0 Å². The molecule has 0 spiro atoms. The number of hydrogen-bond acceptors (Lipinski definition) is 7. The summed E-state index contributed by atoms with van der Waals surface area (Å²) in [6.07, 6.45) is 2.16. The van der Waals surface area contributed by atoms with Crippen molar-refractivity contribution in [3.63, 3.8) is 0 Å². The van der Waals surface area contributed by atoms with Gasteiger partial charge in [0.2, 0.25) is 5.28 Å². The molecule has 0 saturated carbocycles. The number of hydrogen-bond donors (Lipinski definition) is 0. The molecule has 6 nitrogen and oxygen atoms in total. The Morgan fingerprint density at radius 2 is 2.04 bits per heavy atom. The summed E-state index contributed by atoms with van der Waals surface area (Å²) in [5.74, 6) is 0.423. The van der Waals surface area contributed by atoms with Gasteiger partial charge >= 0.3 is 5.97 Å². The molecule has 0 atom stereocenters. The minimum absolute atomic E-state index is 0.193. The number of carbonyl (C=O) groups excluding carboxylic acids is 1. The Balaban J connectivity index is 2.44. The van der Waals surface area contributed by atoms with Gasteiger partial charge in [-0.05, 0) is 37.4 Å². The number of esters is 1. The fourth-order valence-corrected chi connectivity index (χ4v) is 3.85. The van der Waals surface area contributed by atoms with Crippen molar-refractivity contribution in [2.75, 3.05) is 38.3 Å². The monoisotopic (exact) mass is 385 g/mol. The lowest BCUT2D eigenvalue weighted by Crippen LogP contribution is -2.25. The molecule has 8 heteroatoms. The molecular weight excluding hydrogens is 362 g/mol. The molecule has 0 radical (unpaired) electrons. The average Bonchev–Trinajstić information content (AvgIpc) is 2.92. The predicted molar refractivity (Wildman–Crippen MR) is 102 cm³/mol. The van der Waals surface area contributed by atoms with E-state index < -0.39 is 0 Å². The summed E-state index contributed by atoms with van der Waals surface area (Å²) >= 11 is 7.42. The number of aryl methyl sites for hydroxylation is 1. The van der Waals surface area contributed by atoms with Crippen molar-refractivity contribution in [2.45, 2.75) is 33.6 Å². The van der Waals surface area contributed by atoms with Crippen molar-refractivity contribution < 1.29 is 14.3 Å². The molecule has 2 aromatic rings. The number of fused-ring (bicyclic) bond motifs is 1. The highest BCUT2D eigenvalue weighted by Crippen LogP contribution is 2.36. The summed E-state index contributed by atoms with van der Waals surface area (Å²) in [7, 11) is 1.57. The van der Waals surface area contributed by atoms with Crippen LogP contribution in [0.2, 0.25) is 5.28 Å². The molecule has 0 fully saturated rings. The van der Waals surface area contributed by atoms with Crippen LogP contribution in [0, 0.1) is 6.92 Å². The average molecular weight is 386 g/mol. The molecule has 2 rings (SSSR count). The van der Waals surface area contributed by atoms with Crippen LogP contribution in [0.1, 0.15) is 41.9 Å². The lowest BCUT2D eigenvalue weighted by molar-refractivity contribution is 0.0393. The van der Waals surface area contributed by atoms with Gasteiger partial charge in [0.05, 0.1) is 12.0 Å². The zero-order chi connectivity index (χ0) is 18.4. The second-order valence-corrected chi connectivity index (χ2v) is 6.95. The number of nitrogens with zero attached hydrogens (tertiary/aromatic N) is 3. The fraction of sp³-hybridized carbons (Fsp3) is 0.588. The summed E-state index contributed by atoms with van der Waals surface area (Å²) in [4.78, 5) is 24.5. The first kappa shape index (κ1) is 19.9. The van der Waals surface area contributed by atoms with Crippen molar-refractivity contribution >= 4 is 44.9 Å². The van der Waals surface area contributed by atoms with Gasteiger partial charge in [0.25, 0.3) is 0 Å². The molecular formula is C17H24ClN3O3S. The topological polar surface area (TPSA) is 64.6 Å². The first-order chi connectivity index (χ1) is 12.0. The van der Waals surface area contributed by atoms with E-state index in [1.54, 1.807) is 7.11 Å². The largest absolute Gasteiger partial charge is 0.459 e. The number of ether oxygens (including phenoxy) is 2. The van der Waals surface area contributed by atoms with Crippen molar-refractivity contribution in [1.82, 2.24) is 9.97 Å². The third-order valence-electron chi connectivity index (χ3n) is 3.91. The molecule has 0 unspecified atom stereocenters. The number of thiophene rings is 1. The molecule has 138 valence electrons. The van der Waals surface area contributed by atoms with E-state index in [-0.39, 0.29) is 17.9 Å². The molecule has 0 aliphatic heterocycles. The standard InChI is InChI=1S/C17H24ClN3O3S/c1-5-7-8-21(6-2)14-12-11(3)13(16(22)24-10-9-23-4)25-15(12)20-17(18)19-14/h5-10H2,1-4H3. The third kappa shape index (κ3) is 4.59. The van der Waals surface area contributed by atoms with Crippen LogP contribution in [-0.2, 0) is 9.47 Å². The van der Waals surface area contributed by atoms with Gasteiger partial charge in [0, 0.05) is 20.2 Å². The highest BCUT2D eigenvalue weighted by Gasteiger charge is 2.23. The van der Waals surface area contributed by atoms with Gasteiger partial charge < -0.3 is 14.4 Å². The van der Waals surface area contributed by atoms with Gasteiger partial charge in [0.1, 0.15) is 22.1 Å². The van der Waals surface area contributed by atoms with E-state index >= 15 is 0 Å². The summed E-state index contributed by atoms with van der Waals surface area (Å²) < 4.78 is 10.2. The Hall–Kier alpha value is -1.44. The summed E-state index contributed by atoms with van der Waals surface area (Å²) in [6.45, 7) is 8.43. The maximum absolute atomic E-state index is 12.4. The second kappa shape index (κ2) is 9.31. The molecule has 0 saturated heterocycles. The predicted octanol–water partition coefficient (Wildman–Crippen LogP) is 4.08. The first-order valence-electron chi connectivity index (χ1n) is 8.41. The first-order valence-corrected chi connectivity index (χ1v) is 9.60. The van der Waals surface area contributed by atoms with Crippen LogP contribution >= 0.6 is 22.9 Å². The number of rotatable bonds is 9. The quantitative estimate of drug-likeness (QED) is 0.368. The van der Waals surface area contributed by atoms with E-state index in [2.05, 4.69) is 28.7 Å². The third-order valence-corrected chi connectivity index (χ3v) is 5.25. The SMILES string of the molecule is CCCCN(CC)c1nc(Cl)nc2sc(C(=O)OCCOC)c(C)c12. The van der Waals surface area contributed by atoms with Gasteiger partial charge in [-0.2, -0.15) is 4.98 Å². The van der Waals surface area contributed by atoms with Crippen LogP contribution in [0.5, 0.6) is 0 Å².